The predicted octanol–water partition coefficient (Wildman–Crippen LogP) is 4.64. The molecule has 2 heteroatoms. The Kier molecular flexibility index (Phi) is 4.65. The van der Waals surface area contributed by atoms with E-state index in [1.54, 1.807) is 0 Å². The lowest BCUT2D eigenvalue weighted by Crippen LogP contribution is -2.12. The maximum atomic E-state index is 10.0. The molecule has 90 valence electrons. The highest BCUT2D eigenvalue weighted by Gasteiger charge is 2.17. The lowest BCUT2D eigenvalue weighted by atomic mass is 9.85. The first-order valence-corrected chi connectivity index (χ1v) is 6.96. The largest absolute Gasteiger partial charge is 0.507 e. The second kappa shape index (κ2) is 5.39. The lowest BCUT2D eigenvalue weighted by Gasteiger charge is -2.21. The van der Waals surface area contributed by atoms with Gasteiger partial charge in [-0.3, -0.25) is 0 Å². The molecule has 0 saturated heterocycles. The van der Waals surface area contributed by atoms with E-state index in [0.717, 1.165) is 28.4 Å². The van der Waals surface area contributed by atoms with Crippen molar-refractivity contribution < 1.29 is 5.11 Å². The molecular formula is C14H21IO. The van der Waals surface area contributed by atoms with Gasteiger partial charge in [-0.1, -0.05) is 40.2 Å². The fourth-order valence-electron chi connectivity index (χ4n) is 1.65. The van der Waals surface area contributed by atoms with Gasteiger partial charge in [0.05, 0.1) is 3.57 Å². The molecule has 0 aromatic heterocycles. The topological polar surface area (TPSA) is 20.2 Å². The van der Waals surface area contributed by atoms with Crippen molar-refractivity contribution in [2.45, 2.75) is 52.4 Å². The van der Waals surface area contributed by atoms with Crippen LogP contribution in [0.25, 0.3) is 0 Å². The van der Waals surface area contributed by atoms with Gasteiger partial charge < -0.3 is 5.11 Å². The number of unbranched alkanes of at least 4 members (excludes halogenated alkanes) is 1. The summed E-state index contributed by atoms with van der Waals surface area (Å²) in [5.74, 6) is 0.474. The number of hydrogen-bond acceptors (Lipinski definition) is 1. The van der Waals surface area contributed by atoms with Crippen LogP contribution in [0.5, 0.6) is 5.75 Å². The first-order chi connectivity index (χ1) is 7.36. The molecule has 0 amide bonds. The third kappa shape index (κ3) is 3.37. The van der Waals surface area contributed by atoms with Crippen molar-refractivity contribution in [2.75, 3.05) is 0 Å². The van der Waals surface area contributed by atoms with E-state index < -0.39 is 0 Å². The number of hydrogen-bond donors (Lipinski definition) is 1. The van der Waals surface area contributed by atoms with Crippen LogP contribution < -0.4 is 0 Å². The number of phenols is 1. The van der Waals surface area contributed by atoms with Crippen LogP contribution in [0.2, 0.25) is 0 Å². The molecule has 0 saturated carbocycles. The fraction of sp³-hybridized carbons (Fsp3) is 0.571. The van der Waals surface area contributed by atoms with Gasteiger partial charge in [-0.25, -0.2) is 0 Å². The SMILES string of the molecule is CCCCc1cc(C(C)(C)C)cc(I)c1O. The maximum Gasteiger partial charge on any atom is 0.132 e. The normalized spacial score (nSPS) is 11.8. The summed E-state index contributed by atoms with van der Waals surface area (Å²) in [5.41, 5.74) is 2.55. The van der Waals surface area contributed by atoms with Crippen LogP contribution in [-0.4, -0.2) is 5.11 Å². The molecule has 0 fully saturated rings. The Bertz CT molecular complexity index is 364. The van der Waals surface area contributed by atoms with E-state index in [2.05, 4.69) is 62.4 Å². The molecule has 0 bridgehead atoms. The number of halogens is 1. The minimum Gasteiger partial charge on any atom is -0.507 e. The standard InChI is InChI=1S/C14H21IO/c1-5-6-7-10-8-11(14(2,3)4)9-12(15)13(10)16/h8-9,16H,5-7H2,1-4H3. The van der Waals surface area contributed by atoms with Crippen LogP contribution in [0.15, 0.2) is 12.1 Å². The third-order valence-electron chi connectivity index (χ3n) is 2.81. The van der Waals surface area contributed by atoms with Gasteiger partial charge in [-0.05, 0) is 58.0 Å². The molecule has 0 aliphatic carbocycles. The Morgan fingerprint density at radius 3 is 2.38 bits per heavy atom. The quantitative estimate of drug-likeness (QED) is 0.800. The molecule has 0 unspecified atom stereocenters. The average Bonchev–Trinajstić information content (AvgIpc) is 2.18. The summed E-state index contributed by atoms with van der Waals surface area (Å²) in [4.78, 5) is 0. The van der Waals surface area contributed by atoms with Gasteiger partial charge in [-0.15, -0.1) is 0 Å². The van der Waals surface area contributed by atoms with Crippen molar-refractivity contribution in [3.8, 4) is 5.75 Å². The van der Waals surface area contributed by atoms with Crippen molar-refractivity contribution in [3.05, 3.63) is 26.8 Å². The average molecular weight is 332 g/mol. The van der Waals surface area contributed by atoms with Gasteiger partial charge in [0.15, 0.2) is 0 Å². The van der Waals surface area contributed by atoms with Crippen LogP contribution in [0.3, 0.4) is 0 Å². The molecule has 1 nitrogen and oxygen atoms in total. The van der Waals surface area contributed by atoms with E-state index in [1.165, 1.54) is 5.56 Å². The van der Waals surface area contributed by atoms with E-state index in [4.69, 9.17) is 0 Å². The highest BCUT2D eigenvalue weighted by atomic mass is 127. The smallest absolute Gasteiger partial charge is 0.132 e. The number of phenolic OH excluding ortho intramolecular Hbond substituents is 1. The predicted molar refractivity (Wildman–Crippen MR) is 78.1 cm³/mol. The Labute approximate surface area is 112 Å². The minimum absolute atomic E-state index is 0.147. The van der Waals surface area contributed by atoms with Crippen molar-refractivity contribution in [1.82, 2.24) is 0 Å². The molecule has 1 aromatic rings. The molecule has 0 aliphatic heterocycles. The summed E-state index contributed by atoms with van der Waals surface area (Å²) in [7, 11) is 0. The number of aryl methyl sites for hydroxylation is 1. The Balaban J connectivity index is 3.12. The monoisotopic (exact) mass is 332 g/mol. The van der Waals surface area contributed by atoms with Gasteiger partial charge in [0, 0.05) is 0 Å². The van der Waals surface area contributed by atoms with E-state index in [1.807, 2.05) is 0 Å². The molecule has 1 aromatic carbocycles. The lowest BCUT2D eigenvalue weighted by molar-refractivity contribution is 0.461. The zero-order chi connectivity index (χ0) is 12.3. The molecule has 16 heavy (non-hydrogen) atoms. The van der Waals surface area contributed by atoms with Crippen molar-refractivity contribution in [3.63, 3.8) is 0 Å². The van der Waals surface area contributed by atoms with E-state index >= 15 is 0 Å². The van der Waals surface area contributed by atoms with Crippen LogP contribution in [-0.2, 0) is 11.8 Å². The molecule has 1 rings (SSSR count). The molecule has 1 N–H and O–H groups in total. The van der Waals surface area contributed by atoms with Crippen molar-refractivity contribution in [1.29, 1.82) is 0 Å². The summed E-state index contributed by atoms with van der Waals surface area (Å²) in [5, 5.41) is 10.0. The van der Waals surface area contributed by atoms with E-state index in [0.29, 0.717) is 5.75 Å². The molecule has 0 radical (unpaired) electrons. The zero-order valence-corrected chi connectivity index (χ0v) is 12.8. The second-order valence-corrected chi connectivity index (χ2v) is 6.48. The summed E-state index contributed by atoms with van der Waals surface area (Å²) in [6.07, 6.45) is 3.27. The van der Waals surface area contributed by atoms with Gasteiger partial charge >= 0.3 is 0 Å². The number of aromatic hydroxyl groups is 1. The summed E-state index contributed by atoms with van der Waals surface area (Å²) in [6.45, 7) is 8.80. The van der Waals surface area contributed by atoms with Gasteiger partial charge in [0.1, 0.15) is 5.75 Å². The van der Waals surface area contributed by atoms with E-state index in [-0.39, 0.29) is 5.41 Å². The van der Waals surface area contributed by atoms with Gasteiger partial charge in [0.2, 0.25) is 0 Å². The van der Waals surface area contributed by atoms with Crippen LogP contribution in [0.4, 0.5) is 0 Å². The summed E-state index contributed by atoms with van der Waals surface area (Å²) >= 11 is 2.22. The molecular weight excluding hydrogens is 311 g/mol. The third-order valence-corrected chi connectivity index (χ3v) is 3.63. The fourth-order valence-corrected chi connectivity index (χ4v) is 2.33. The molecule has 0 atom stereocenters. The first kappa shape index (κ1) is 13.8. The van der Waals surface area contributed by atoms with Crippen LogP contribution in [0, 0.1) is 3.57 Å². The van der Waals surface area contributed by atoms with Crippen LogP contribution >= 0.6 is 22.6 Å². The van der Waals surface area contributed by atoms with Crippen LogP contribution in [0.1, 0.15) is 51.7 Å². The summed E-state index contributed by atoms with van der Waals surface area (Å²) in [6, 6.07) is 4.25. The Morgan fingerprint density at radius 1 is 1.25 bits per heavy atom. The van der Waals surface area contributed by atoms with Crippen molar-refractivity contribution in [2.24, 2.45) is 0 Å². The molecule has 0 heterocycles. The maximum absolute atomic E-state index is 10.0. The van der Waals surface area contributed by atoms with Gasteiger partial charge in [0.25, 0.3) is 0 Å². The van der Waals surface area contributed by atoms with E-state index in [9.17, 15) is 5.11 Å². The second-order valence-electron chi connectivity index (χ2n) is 5.32. The zero-order valence-electron chi connectivity index (χ0n) is 10.6. The Hall–Kier alpha value is -0.250. The van der Waals surface area contributed by atoms with Gasteiger partial charge in [-0.2, -0.15) is 0 Å². The Morgan fingerprint density at radius 2 is 1.88 bits per heavy atom. The molecule has 0 aliphatic rings. The first-order valence-electron chi connectivity index (χ1n) is 5.88. The number of benzene rings is 1. The highest BCUT2D eigenvalue weighted by Crippen LogP contribution is 2.32. The highest BCUT2D eigenvalue weighted by molar-refractivity contribution is 14.1. The number of rotatable bonds is 3. The summed E-state index contributed by atoms with van der Waals surface area (Å²) < 4.78 is 0.969. The minimum atomic E-state index is 0.147. The van der Waals surface area contributed by atoms with Crippen molar-refractivity contribution >= 4 is 22.6 Å². The molecule has 0 spiro atoms.